The minimum absolute atomic E-state index is 0.0865. The predicted molar refractivity (Wildman–Crippen MR) is 65.7 cm³/mol. The van der Waals surface area contributed by atoms with Crippen molar-refractivity contribution in [3.63, 3.8) is 0 Å². The van der Waals surface area contributed by atoms with E-state index in [2.05, 4.69) is 20.6 Å². The van der Waals surface area contributed by atoms with Crippen LogP contribution in [0, 0.1) is 6.92 Å². The van der Waals surface area contributed by atoms with Gasteiger partial charge in [-0.05, 0) is 6.92 Å². The van der Waals surface area contributed by atoms with Crippen LogP contribution in [0.2, 0.25) is 0 Å². The second-order valence-corrected chi connectivity index (χ2v) is 4.68. The van der Waals surface area contributed by atoms with Gasteiger partial charge in [-0.1, -0.05) is 5.21 Å². The van der Waals surface area contributed by atoms with Crippen molar-refractivity contribution in [2.75, 3.05) is 0 Å². The Labute approximate surface area is 112 Å². The molecule has 2 heterocycles. The molecule has 100 valence electrons. The standard InChI is InChI=1S/C10H11N5O3S/c1-6-8(19-5-12-6)2-11-10(18)7-3-15(14-13-7)4-9(16)17/h3,5H,2,4H2,1H3,(H,11,18)(H,16,17). The zero-order valence-electron chi connectivity index (χ0n) is 10.0. The first kappa shape index (κ1) is 13.1. The van der Waals surface area contributed by atoms with Crippen molar-refractivity contribution in [2.24, 2.45) is 0 Å². The molecule has 0 atom stereocenters. The summed E-state index contributed by atoms with van der Waals surface area (Å²) >= 11 is 1.46. The van der Waals surface area contributed by atoms with E-state index in [1.807, 2.05) is 6.92 Å². The molecule has 9 heteroatoms. The maximum absolute atomic E-state index is 11.8. The molecule has 8 nitrogen and oxygen atoms in total. The van der Waals surface area contributed by atoms with E-state index >= 15 is 0 Å². The maximum atomic E-state index is 11.8. The van der Waals surface area contributed by atoms with Crippen LogP contribution in [0.5, 0.6) is 0 Å². The number of carboxylic acid groups (broad SMARTS) is 1. The van der Waals surface area contributed by atoms with Gasteiger partial charge in [0.25, 0.3) is 5.91 Å². The van der Waals surface area contributed by atoms with Gasteiger partial charge in [0.1, 0.15) is 6.54 Å². The summed E-state index contributed by atoms with van der Waals surface area (Å²) in [6.45, 7) is 1.90. The summed E-state index contributed by atoms with van der Waals surface area (Å²) < 4.78 is 1.09. The van der Waals surface area contributed by atoms with E-state index < -0.39 is 11.9 Å². The second kappa shape index (κ2) is 5.57. The normalized spacial score (nSPS) is 10.4. The third-order valence-electron chi connectivity index (χ3n) is 2.32. The van der Waals surface area contributed by atoms with Gasteiger partial charge in [0.2, 0.25) is 0 Å². The molecule has 0 spiro atoms. The van der Waals surface area contributed by atoms with Crippen LogP contribution in [-0.2, 0) is 17.9 Å². The zero-order chi connectivity index (χ0) is 13.8. The van der Waals surface area contributed by atoms with E-state index in [1.165, 1.54) is 17.5 Å². The van der Waals surface area contributed by atoms with Gasteiger partial charge in [0.15, 0.2) is 5.69 Å². The van der Waals surface area contributed by atoms with Gasteiger partial charge in [-0.2, -0.15) is 0 Å². The number of carbonyl (C=O) groups is 2. The molecule has 0 saturated heterocycles. The van der Waals surface area contributed by atoms with Crippen molar-refractivity contribution in [1.82, 2.24) is 25.3 Å². The van der Waals surface area contributed by atoms with Crippen molar-refractivity contribution in [3.8, 4) is 0 Å². The first-order chi connectivity index (χ1) is 9.06. The van der Waals surface area contributed by atoms with Gasteiger partial charge in [-0.15, -0.1) is 16.4 Å². The average Bonchev–Trinajstić information content (AvgIpc) is 2.95. The van der Waals surface area contributed by atoms with Crippen molar-refractivity contribution in [1.29, 1.82) is 0 Å². The van der Waals surface area contributed by atoms with Crippen molar-refractivity contribution < 1.29 is 14.7 Å². The molecule has 0 fully saturated rings. The molecular formula is C10H11N5O3S. The molecule has 0 radical (unpaired) electrons. The Morgan fingerprint density at radius 2 is 2.32 bits per heavy atom. The summed E-state index contributed by atoms with van der Waals surface area (Å²) in [5, 5.41) is 18.4. The Balaban J connectivity index is 1.94. The fraction of sp³-hybridized carbons (Fsp3) is 0.300. The van der Waals surface area contributed by atoms with E-state index in [9.17, 15) is 9.59 Å². The smallest absolute Gasteiger partial charge is 0.325 e. The topological polar surface area (TPSA) is 110 Å². The number of nitrogens with one attached hydrogen (secondary N) is 1. The fourth-order valence-electron chi connectivity index (χ4n) is 1.37. The van der Waals surface area contributed by atoms with Gasteiger partial charge in [-0.3, -0.25) is 9.59 Å². The lowest BCUT2D eigenvalue weighted by Crippen LogP contribution is -2.23. The van der Waals surface area contributed by atoms with Gasteiger partial charge >= 0.3 is 5.97 Å². The fourth-order valence-corrected chi connectivity index (χ4v) is 2.08. The van der Waals surface area contributed by atoms with Crippen LogP contribution in [0.3, 0.4) is 0 Å². The SMILES string of the molecule is Cc1ncsc1CNC(=O)c1cn(CC(=O)O)nn1. The van der Waals surface area contributed by atoms with Crippen LogP contribution < -0.4 is 5.32 Å². The van der Waals surface area contributed by atoms with Crippen molar-refractivity contribution in [3.05, 3.63) is 28.0 Å². The number of rotatable bonds is 5. The highest BCUT2D eigenvalue weighted by Gasteiger charge is 2.12. The summed E-state index contributed by atoms with van der Waals surface area (Å²) in [6.07, 6.45) is 1.29. The highest BCUT2D eigenvalue weighted by molar-refractivity contribution is 7.09. The molecular weight excluding hydrogens is 270 g/mol. The number of thiazole rings is 1. The van der Waals surface area contributed by atoms with Gasteiger partial charge < -0.3 is 10.4 Å². The first-order valence-corrected chi connectivity index (χ1v) is 6.23. The van der Waals surface area contributed by atoms with Gasteiger partial charge in [0.05, 0.1) is 23.9 Å². The molecule has 0 bridgehead atoms. The van der Waals surface area contributed by atoms with Crippen LogP contribution in [0.25, 0.3) is 0 Å². The summed E-state index contributed by atoms with van der Waals surface area (Å²) in [4.78, 5) is 27.3. The minimum atomic E-state index is -1.04. The third-order valence-corrected chi connectivity index (χ3v) is 3.26. The van der Waals surface area contributed by atoms with Crippen LogP contribution in [0.15, 0.2) is 11.7 Å². The van der Waals surface area contributed by atoms with Crippen molar-refractivity contribution in [2.45, 2.75) is 20.0 Å². The number of amides is 1. The van der Waals surface area contributed by atoms with E-state index in [0.717, 1.165) is 15.3 Å². The molecule has 2 aromatic heterocycles. The molecule has 2 N–H and O–H groups in total. The number of aliphatic carboxylic acids is 1. The number of hydrogen-bond donors (Lipinski definition) is 2. The Bertz CT molecular complexity index is 606. The Morgan fingerprint density at radius 3 is 2.95 bits per heavy atom. The lowest BCUT2D eigenvalue weighted by Gasteiger charge is -2.00. The quantitative estimate of drug-likeness (QED) is 0.801. The molecule has 19 heavy (non-hydrogen) atoms. The van der Waals surface area contributed by atoms with Gasteiger partial charge in [0, 0.05) is 4.88 Å². The molecule has 1 amide bonds. The maximum Gasteiger partial charge on any atom is 0.325 e. The number of carboxylic acids is 1. The van der Waals surface area contributed by atoms with Crippen LogP contribution in [0.1, 0.15) is 21.1 Å². The van der Waals surface area contributed by atoms with E-state index in [1.54, 1.807) is 5.51 Å². The first-order valence-electron chi connectivity index (χ1n) is 5.35. The largest absolute Gasteiger partial charge is 0.480 e. The molecule has 0 saturated carbocycles. The zero-order valence-corrected chi connectivity index (χ0v) is 10.8. The van der Waals surface area contributed by atoms with E-state index in [4.69, 9.17) is 5.11 Å². The summed E-state index contributed by atoms with van der Waals surface area (Å²) in [6, 6.07) is 0. The molecule has 0 aliphatic rings. The molecule has 2 rings (SSSR count). The third kappa shape index (κ3) is 3.35. The van der Waals surface area contributed by atoms with Crippen LogP contribution in [-0.4, -0.2) is 37.0 Å². The Hall–Kier alpha value is -2.29. The lowest BCUT2D eigenvalue weighted by molar-refractivity contribution is -0.137. The van der Waals surface area contributed by atoms with E-state index in [-0.39, 0.29) is 12.2 Å². The highest BCUT2D eigenvalue weighted by atomic mass is 32.1. The molecule has 0 aliphatic heterocycles. The predicted octanol–water partition coefficient (Wildman–Crippen LogP) is 0.0576. The van der Waals surface area contributed by atoms with Gasteiger partial charge in [-0.25, -0.2) is 9.67 Å². The summed E-state index contributed by atoms with van der Waals surface area (Å²) in [5.41, 5.74) is 2.67. The van der Waals surface area contributed by atoms with E-state index in [0.29, 0.717) is 6.54 Å². The number of aryl methyl sites for hydroxylation is 1. The molecule has 2 aromatic rings. The van der Waals surface area contributed by atoms with Crippen LogP contribution in [0.4, 0.5) is 0 Å². The number of nitrogens with zero attached hydrogens (tertiary/aromatic N) is 4. The monoisotopic (exact) mass is 281 g/mol. The average molecular weight is 281 g/mol. The molecule has 0 unspecified atom stereocenters. The minimum Gasteiger partial charge on any atom is -0.480 e. The second-order valence-electron chi connectivity index (χ2n) is 3.74. The Kier molecular flexibility index (Phi) is 3.85. The lowest BCUT2D eigenvalue weighted by atomic mass is 10.3. The molecule has 0 aliphatic carbocycles. The number of aromatic nitrogens is 4. The summed E-state index contributed by atoms with van der Waals surface area (Å²) in [5.74, 6) is -1.44. The summed E-state index contributed by atoms with van der Waals surface area (Å²) in [7, 11) is 0. The van der Waals surface area contributed by atoms with Crippen molar-refractivity contribution >= 4 is 23.2 Å². The highest BCUT2D eigenvalue weighted by Crippen LogP contribution is 2.11. The number of hydrogen-bond acceptors (Lipinski definition) is 6. The van der Waals surface area contributed by atoms with Crippen LogP contribution >= 0.6 is 11.3 Å². The molecule has 0 aromatic carbocycles. The Morgan fingerprint density at radius 1 is 1.53 bits per heavy atom. The number of carbonyl (C=O) groups excluding carboxylic acids is 1.